The van der Waals surface area contributed by atoms with E-state index >= 15 is 0 Å². The van der Waals surface area contributed by atoms with E-state index in [1.807, 2.05) is 13.8 Å². The molecule has 0 saturated heterocycles. The second-order valence-electron chi connectivity index (χ2n) is 5.87. The van der Waals surface area contributed by atoms with Crippen molar-refractivity contribution >= 4 is 17.5 Å². The number of carbonyl (C=O) groups is 1. The molecule has 0 radical (unpaired) electrons. The number of aromatic nitrogens is 2. The summed E-state index contributed by atoms with van der Waals surface area (Å²) in [5.41, 5.74) is 0.402. The Labute approximate surface area is 140 Å². The average molecular weight is 340 g/mol. The van der Waals surface area contributed by atoms with E-state index in [1.54, 1.807) is 27.0 Å². The Morgan fingerprint density at radius 3 is 2.70 bits per heavy atom. The van der Waals surface area contributed by atoms with E-state index in [0.29, 0.717) is 34.8 Å². The van der Waals surface area contributed by atoms with Crippen molar-refractivity contribution in [1.29, 1.82) is 0 Å². The van der Waals surface area contributed by atoms with Crippen molar-refractivity contribution in [3.63, 3.8) is 0 Å². The number of hydrogen-bond acceptors (Lipinski definition) is 4. The van der Waals surface area contributed by atoms with E-state index in [-0.39, 0.29) is 17.6 Å². The Hall–Kier alpha value is -1.79. The molecule has 0 aliphatic carbocycles. The minimum absolute atomic E-state index is 0.0417. The SMILES string of the molecule is CCc1nn(C)c(Cl)c1C(=O)NCC(C)(O)c1cc(C)oc1C. The first-order valence-electron chi connectivity index (χ1n) is 7.46. The molecule has 2 heterocycles. The third-order valence-corrected chi connectivity index (χ3v) is 4.26. The summed E-state index contributed by atoms with van der Waals surface area (Å²) >= 11 is 6.15. The van der Waals surface area contributed by atoms with Crippen molar-refractivity contribution in [2.24, 2.45) is 7.05 Å². The van der Waals surface area contributed by atoms with Gasteiger partial charge in [0.05, 0.1) is 17.8 Å². The second-order valence-corrected chi connectivity index (χ2v) is 6.23. The summed E-state index contributed by atoms with van der Waals surface area (Å²) < 4.78 is 6.91. The van der Waals surface area contributed by atoms with Gasteiger partial charge in [0.1, 0.15) is 22.3 Å². The number of aryl methyl sites for hydroxylation is 4. The lowest BCUT2D eigenvalue weighted by Gasteiger charge is -2.23. The van der Waals surface area contributed by atoms with E-state index < -0.39 is 5.60 Å². The first-order chi connectivity index (χ1) is 10.7. The molecule has 126 valence electrons. The summed E-state index contributed by atoms with van der Waals surface area (Å²) in [6.45, 7) is 7.18. The molecule has 2 aromatic rings. The number of amides is 1. The Morgan fingerprint density at radius 2 is 2.17 bits per heavy atom. The van der Waals surface area contributed by atoms with Crippen molar-refractivity contribution in [3.8, 4) is 0 Å². The lowest BCUT2D eigenvalue weighted by atomic mass is 9.96. The van der Waals surface area contributed by atoms with Crippen LogP contribution in [0.1, 0.15) is 47.0 Å². The smallest absolute Gasteiger partial charge is 0.256 e. The van der Waals surface area contributed by atoms with Crippen LogP contribution < -0.4 is 5.32 Å². The van der Waals surface area contributed by atoms with Gasteiger partial charge in [-0.05, 0) is 33.3 Å². The number of nitrogens with one attached hydrogen (secondary N) is 1. The molecule has 0 saturated carbocycles. The number of nitrogens with zero attached hydrogens (tertiary/aromatic N) is 2. The maximum absolute atomic E-state index is 12.4. The first-order valence-corrected chi connectivity index (χ1v) is 7.84. The standard InChI is InChI=1S/C16H22ClN3O3/c1-6-12-13(14(17)20(5)19-12)15(21)18-8-16(4,22)11-7-9(2)23-10(11)3/h7,22H,6,8H2,1-5H3,(H,18,21). The van der Waals surface area contributed by atoms with Gasteiger partial charge in [-0.25, -0.2) is 0 Å². The zero-order chi connectivity index (χ0) is 17.4. The van der Waals surface area contributed by atoms with E-state index in [0.717, 1.165) is 0 Å². The number of halogens is 1. The maximum Gasteiger partial charge on any atom is 0.256 e. The fraction of sp³-hybridized carbons (Fsp3) is 0.500. The van der Waals surface area contributed by atoms with Crippen LogP contribution in [-0.4, -0.2) is 27.3 Å². The van der Waals surface area contributed by atoms with Crippen molar-refractivity contribution in [1.82, 2.24) is 15.1 Å². The molecule has 7 heteroatoms. The van der Waals surface area contributed by atoms with Crippen LogP contribution in [0.2, 0.25) is 5.15 Å². The summed E-state index contributed by atoms with van der Waals surface area (Å²) in [6, 6.07) is 1.77. The average Bonchev–Trinajstić information content (AvgIpc) is 2.97. The number of hydrogen-bond donors (Lipinski definition) is 2. The fourth-order valence-corrected chi connectivity index (χ4v) is 2.86. The van der Waals surface area contributed by atoms with Gasteiger partial charge in [-0.1, -0.05) is 18.5 Å². The van der Waals surface area contributed by atoms with E-state index in [1.165, 1.54) is 4.68 Å². The third kappa shape index (κ3) is 3.43. The lowest BCUT2D eigenvalue weighted by molar-refractivity contribution is 0.0513. The Kier molecular flexibility index (Phi) is 4.87. The highest BCUT2D eigenvalue weighted by atomic mass is 35.5. The van der Waals surface area contributed by atoms with Gasteiger partial charge in [-0.2, -0.15) is 5.10 Å². The number of aliphatic hydroxyl groups is 1. The van der Waals surface area contributed by atoms with Crippen LogP contribution in [0.4, 0.5) is 0 Å². The fourth-order valence-electron chi connectivity index (χ4n) is 2.63. The second kappa shape index (κ2) is 6.37. The minimum atomic E-state index is -1.24. The van der Waals surface area contributed by atoms with Gasteiger partial charge in [0.25, 0.3) is 5.91 Å². The van der Waals surface area contributed by atoms with E-state index in [4.69, 9.17) is 16.0 Å². The summed E-state index contributed by atoms with van der Waals surface area (Å²) in [6.07, 6.45) is 0.597. The number of carbonyl (C=O) groups excluding carboxylic acids is 1. The quantitative estimate of drug-likeness (QED) is 0.877. The van der Waals surface area contributed by atoms with Gasteiger partial charge >= 0.3 is 0 Å². The topological polar surface area (TPSA) is 80.3 Å². The molecule has 2 N–H and O–H groups in total. The zero-order valence-electron chi connectivity index (χ0n) is 14.0. The normalized spacial score (nSPS) is 13.9. The predicted molar refractivity (Wildman–Crippen MR) is 87.7 cm³/mol. The third-order valence-electron chi connectivity index (χ3n) is 3.83. The molecule has 1 amide bonds. The number of furan rings is 1. The molecule has 1 unspecified atom stereocenters. The monoisotopic (exact) mass is 339 g/mol. The Bertz CT molecular complexity index is 731. The largest absolute Gasteiger partial charge is 0.466 e. The molecular weight excluding hydrogens is 318 g/mol. The molecule has 0 fully saturated rings. The van der Waals surface area contributed by atoms with E-state index in [2.05, 4.69) is 10.4 Å². The van der Waals surface area contributed by atoms with Crippen molar-refractivity contribution < 1.29 is 14.3 Å². The highest BCUT2D eigenvalue weighted by Crippen LogP contribution is 2.27. The van der Waals surface area contributed by atoms with Crippen molar-refractivity contribution in [2.45, 2.75) is 39.7 Å². The van der Waals surface area contributed by atoms with Gasteiger partial charge < -0.3 is 14.8 Å². The molecule has 0 spiro atoms. The summed E-state index contributed by atoms with van der Waals surface area (Å²) in [5, 5.41) is 17.9. The highest BCUT2D eigenvalue weighted by molar-refractivity contribution is 6.33. The summed E-state index contributed by atoms with van der Waals surface area (Å²) in [4.78, 5) is 12.4. The van der Waals surface area contributed by atoms with Crippen LogP contribution in [0.25, 0.3) is 0 Å². The van der Waals surface area contributed by atoms with Crippen molar-refractivity contribution in [2.75, 3.05) is 6.54 Å². The molecule has 23 heavy (non-hydrogen) atoms. The van der Waals surface area contributed by atoms with Gasteiger partial charge in [0.2, 0.25) is 0 Å². The first kappa shape index (κ1) is 17.6. The van der Waals surface area contributed by atoms with E-state index in [9.17, 15) is 9.90 Å². The molecule has 0 bridgehead atoms. The van der Waals surface area contributed by atoms with Gasteiger partial charge in [0, 0.05) is 12.6 Å². The van der Waals surface area contributed by atoms with Crippen LogP contribution in [-0.2, 0) is 19.1 Å². The van der Waals surface area contributed by atoms with Gasteiger partial charge in [0.15, 0.2) is 0 Å². The Morgan fingerprint density at radius 1 is 1.52 bits per heavy atom. The molecule has 0 aliphatic heterocycles. The molecule has 1 atom stereocenters. The molecule has 6 nitrogen and oxygen atoms in total. The van der Waals surface area contributed by atoms with Crippen LogP contribution in [0.5, 0.6) is 0 Å². The lowest BCUT2D eigenvalue weighted by Crippen LogP contribution is -2.39. The van der Waals surface area contributed by atoms with Crippen LogP contribution >= 0.6 is 11.6 Å². The number of rotatable bonds is 5. The van der Waals surface area contributed by atoms with Crippen LogP contribution in [0.15, 0.2) is 10.5 Å². The summed E-state index contributed by atoms with van der Waals surface area (Å²) in [5.74, 6) is 1.00. The van der Waals surface area contributed by atoms with Crippen LogP contribution in [0, 0.1) is 13.8 Å². The molecule has 0 aliphatic rings. The molecule has 2 aromatic heterocycles. The van der Waals surface area contributed by atoms with Gasteiger partial charge in [-0.3, -0.25) is 9.48 Å². The highest BCUT2D eigenvalue weighted by Gasteiger charge is 2.29. The summed E-state index contributed by atoms with van der Waals surface area (Å²) in [7, 11) is 1.69. The molecular formula is C16H22ClN3O3. The van der Waals surface area contributed by atoms with Crippen LogP contribution in [0.3, 0.4) is 0 Å². The van der Waals surface area contributed by atoms with Gasteiger partial charge in [-0.15, -0.1) is 0 Å². The van der Waals surface area contributed by atoms with Crippen molar-refractivity contribution in [3.05, 3.63) is 39.6 Å². The predicted octanol–water partition coefficient (Wildman–Crippen LogP) is 2.48. The minimum Gasteiger partial charge on any atom is -0.466 e. The maximum atomic E-state index is 12.4. The molecule has 0 aromatic carbocycles. The zero-order valence-corrected chi connectivity index (χ0v) is 14.8. The molecule has 2 rings (SSSR count). The Balaban J connectivity index is 2.17.